The highest BCUT2D eigenvalue weighted by Crippen LogP contribution is 2.43. The van der Waals surface area contributed by atoms with Gasteiger partial charge in [-0.3, -0.25) is 9.59 Å². The number of hydrogen-bond donors (Lipinski definition) is 1. The fourth-order valence-electron chi connectivity index (χ4n) is 3.97. The summed E-state index contributed by atoms with van der Waals surface area (Å²) in [7, 11) is 0. The molecule has 0 radical (unpaired) electrons. The molecule has 2 aliphatic rings. The summed E-state index contributed by atoms with van der Waals surface area (Å²) >= 11 is 6.30. The minimum absolute atomic E-state index is 0.0190. The topological polar surface area (TPSA) is 46.2 Å². The number of halogens is 2. The van der Waals surface area contributed by atoms with Crippen molar-refractivity contribution in [2.45, 2.75) is 31.1 Å². The molecule has 0 bridgehead atoms. The summed E-state index contributed by atoms with van der Waals surface area (Å²) in [6.07, 6.45) is 1.12. The van der Waals surface area contributed by atoms with E-state index in [-0.39, 0.29) is 35.8 Å². The van der Waals surface area contributed by atoms with Crippen molar-refractivity contribution in [2.24, 2.45) is 0 Å². The second kappa shape index (κ2) is 6.69. The zero-order valence-electron chi connectivity index (χ0n) is 14.0. The van der Waals surface area contributed by atoms with E-state index in [2.05, 4.69) is 5.32 Å². The van der Waals surface area contributed by atoms with E-state index in [1.54, 1.807) is 12.1 Å². The van der Waals surface area contributed by atoms with E-state index in [9.17, 15) is 14.0 Å². The summed E-state index contributed by atoms with van der Waals surface area (Å²) in [4.78, 5) is 25.2. The number of Topliss-reactive ketones (excluding diaryl/α,β-unsaturated/α-hetero) is 1. The zero-order chi connectivity index (χ0) is 18.3. The Balaban J connectivity index is 1.73. The summed E-state index contributed by atoms with van der Waals surface area (Å²) in [5.74, 6) is -0.811. The van der Waals surface area contributed by atoms with Crippen molar-refractivity contribution in [2.75, 3.05) is 0 Å². The molecule has 26 heavy (non-hydrogen) atoms. The summed E-state index contributed by atoms with van der Waals surface area (Å²) in [6.45, 7) is 0. The molecule has 0 unspecified atom stereocenters. The second-order valence-electron chi connectivity index (χ2n) is 6.80. The number of hydrogen-bond acceptors (Lipinski definition) is 2. The van der Waals surface area contributed by atoms with Gasteiger partial charge in [0.05, 0.1) is 0 Å². The van der Waals surface area contributed by atoms with Gasteiger partial charge in [-0.05, 0) is 41.7 Å². The van der Waals surface area contributed by atoms with E-state index in [0.29, 0.717) is 29.1 Å². The van der Waals surface area contributed by atoms with E-state index < -0.39 is 0 Å². The van der Waals surface area contributed by atoms with Gasteiger partial charge in [0.15, 0.2) is 5.78 Å². The number of carbonyl (C=O) groups is 2. The Hall–Kier alpha value is -2.46. The van der Waals surface area contributed by atoms with Gasteiger partial charge in [-0.25, -0.2) is 4.39 Å². The molecule has 4 rings (SSSR count). The van der Waals surface area contributed by atoms with Crippen molar-refractivity contribution in [3.8, 4) is 0 Å². The van der Waals surface area contributed by atoms with Crippen LogP contribution in [0.2, 0.25) is 5.02 Å². The molecular weight excluding hydrogens is 353 g/mol. The van der Waals surface area contributed by atoms with Gasteiger partial charge < -0.3 is 5.32 Å². The minimum Gasteiger partial charge on any atom is -0.329 e. The van der Waals surface area contributed by atoms with E-state index in [1.165, 1.54) is 12.1 Å². The fourth-order valence-corrected chi connectivity index (χ4v) is 4.26. The smallest absolute Gasteiger partial charge is 0.225 e. The first-order valence-corrected chi connectivity index (χ1v) is 8.96. The number of nitrogens with one attached hydrogen (secondary N) is 1. The average Bonchev–Trinajstić information content (AvgIpc) is 2.61. The third-order valence-corrected chi connectivity index (χ3v) is 5.50. The summed E-state index contributed by atoms with van der Waals surface area (Å²) < 4.78 is 13.2. The molecule has 2 aromatic carbocycles. The normalized spacial score (nSPS) is 22.8. The monoisotopic (exact) mass is 369 g/mol. The molecule has 132 valence electrons. The van der Waals surface area contributed by atoms with Crippen molar-refractivity contribution in [1.82, 2.24) is 5.32 Å². The molecule has 1 heterocycles. The lowest BCUT2D eigenvalue weighted by atomic mass is 9.73. The quantitative estimate of drug-likeness (QED) is 0.848. The Morgan fingerprint density at radius 1 is 0.962 bits per heavy atom. The van der Waals surface area contributed by atoms with Crippen LogP contribution in [0, 0.1) is 5.82 Å². The lowest BCUT2D eigenvalue weighted by Crippen LogP contribution is -2.38. The molecular formula is C21H17ClFNO2. The Labute approximate surface area is 155 Å². The lowest BCUT2D eigenvalue weighted by Gasteiger charge is -2.34. The predicted molar refractivity (Wildman–Crippen MR) is 97.4 cm³/mol. The van der Waals surface area contributed by atoms with Crippen molar-refractivity contribution in [3.63, 3.8) is 0 Å². The highest BCUT2D eigenvalue weighted by Gasteiger charge is 2.38. The highest BCUT2D eigenvalue weighted by atomic mass is 35.5. The molecule has 0 aromatic heterocycles. The number of amides is 1. The first-order valence-electron chi connectivity index (χ1n) is 8.59. The molecule has 0 fully saturated rings. The van der Waals surface area contributed by atoms with Crippen LogP contribution in [0.3, 0.4) is 0 Å². The first-order chi connectivity index (χ1) is 12.5. The summed E-state index contributed by atoms with van der Waals surface area (Å²) in [5, 5.41) is 3.51. The van der Waals surface area contributed by atoms with Crippen molar-refractivity contribution < 1.29 is 14.0 Å². The van der Waals surface area contributed by atoms with E-state index in [0.717, 1.165) is 11.1 Å². The molecule has 3 nitrogen and oxygen atoms in total. The maximum Gasteiger partial charge on any atom is 0.225 e. The van der Waals surface area contributed by atoms with Gasteiger partial charge >= 0.3 is 0 Å². The highest BCUT2D eigenvalue weighted by molar-refractivity contribution is 6.31. The maximum atomic E-state index is 13.2. The van der Waals surface area contributed by atoms with Gasteiger partial charge in [0.2, 0.25) is 5.91 Å². The fraction of sp³-hybridized carbons (Fsp3) is 0.238. The van der Waals surface area contributed by atoms with E-state index in [4.69, 9.17) is 11.6 Å². The van der Waals surface area contributed by atoms with Crippen LogP contribution in [-0.2, 0) is 9.59 Å². The third-order valence-electron chi connectivity index (χ3n) is 5.15. The largest absolute Gasteiger partial charge is 0.329 e. The van der Waals surface area contributed by atoms with Gasteiger partial charge in [-0.1, -0.05) is 41.9 Å². The van der Waals surface area contributed by atoms with Gasteiger partial charge in [0.25, 0.3) is 0 Å². The lowest BCUT2D eigenvalue weighted by molar-refractivity contribution is -0.122. The summed E-state index contributed by atoms with van der Waals surface area (Å²) in [5.41, 5.74) is 3.04. The molecule has 1 aliphatic heterocycles. The van der Waals surface area contributed by atoms with Crippen LogP contribution in [0.5, 0.6) is 0 Å². The van der Waals surface area contributed by atoms with Crippen LogP contribution < -0.4 is 5.32 Å². The molecule has 1 amide bonds. The molecule has 1 aliphatic carbocycles. The second-order valence-corrected chi connectivity index (χ2v) is 7.21. The van der Waals surface area contributed by atoms with Crippen LogP contribution in [-0.4, -0.2) is 11.7 Å². The molecule has 2 aromatic rings. The van der Waals surface area contributed by atoms with Gasteiger partial charge in [-0.2, -0.15) is 0 Å². The zero-order valence-corrected chi connectivity index (χ0v) is 14.7. The van der Waals surface area contributed by atoms with Gasteiger partial charge in [0, 0.05) is 35.1 Å². The molecule has 1 N–H and O–H groups in total. The maximum absolute atomic E-state index is 13.2. The minimum atomic E-state index is -0.336. The van der Waals surface area contributed by atoms with Crippen LogP contribution in [0.15, 0.2) is 59.8 Å². The molecule has 5 heteroatoms. The van der Waals surface area contributed by atoms with Crippen LogP contribution >= 0.6 is 11.6 Å². The molecule has 0 saturated heterocycles. The average molecular weight is 370 g/mol. The number of ketones is 1. The SMILES string of the molecule is O=C1C[C@H](c2ccc(F)cc2)C2=C(C[C@@H](c3ccccc3Cl)CC2=O)N1. The van der Waals surface area contributed by atoms with Crippen LogP contribution in [0.1, 0.15) is 42.2 Å². The standard InChI is InChI=1S/C21H17ClFNO2/c22-17-4-2-1-3-15(17)13-9-18-21(19(25)10-13)16(11-20(26)24-18)12-5-7-14(23)8-6-12/h1-8,13,16H,9-11H2,(H,24,26)/t13-,16-/m1/s1. The van der Waals surface area contributed by atoms with E-state index in [1.807, 2.05) is 24.3 Å². The van der Waals surface area contributed by atoms with Crippen molar-refractivity contribution >= 4 is 23.3 Å². The Bertz CT molecular complexity index is 920. The Morgan fingerprint density at radius 2 is 1.69 bits per heavy atom. The number of allylic oxidation sites excluding steroid dienone is 2. The van der Waals surface area contributed by atoms with Crippen molar-refractivity contribution in [3.05, 3.63) is 81.8 Å². The molecule has 2 atom stereocenters. The first kappa shape index (κ1) is 17.0. The molecule has 0 spiro atoms. The van der Waals surface area contributed by atoms with Gasteiger partial charge in [-0.15, -0.1) is 0 Å². The van der Waals surface area contributed by atoms with Crippen molar-refractivity contribution in [1.29, 1.82) is 0 Å². The van der Waals surface area contributed by atoms with E-state index >= 15 is 0 Å². The number of rotatable bonds is 2. The number of carbonyl (C=O) groups excluding carboxylic acids is 2. The van der Waals surface area contributed by atoms with Gasteiger partial charge in [0.1, 0.15) is 5.82 Å². The molecule has 0 saturated carbocycles. The van der Waals surface area contributed by atoms with Crippen LogP contribution in [0.25, 0.3) is 0 Å². The summed E-state index contributed by atoms with van der Waals surface area (Å²) in [6, 6.07) is 13.5. The third kappa shape index (κ3) is 3.06. The Morgan fingerprint density at radius 3 is 2.42 bits per heavy atom. The number of benzene rings is 2. The van der Waals surface area contributed by atoms with Crippen LogP contribution in [0.4, 0.5) is 4.39 Å². The Kier molecular flexibility index (Phi) is 4.37. The predicted octanol–water partition coefficient (Wildman–Crippen LogP) is 4.48.